The summed E-state index contributed by atoms with van der Waals surface area (Å²) in [7, 11) is 0. The Kier molecular flexibility index (Phi) is 14.5. The molecule has 0 N–H and O–H groups in total. The van der Waals surface area contributed by atoms with Gasteiger partial charge in [0.05, 0.1) is 0 Å². The van der Waals surface area contributed by atoms with Crippen molar-refractivity contribution in [1.82, 2.24) is 0 Å². The van der Waals surface area contributed by atoms with Gasteiger partial charge in [-0.2, -0.15) is 0 Å². The minimum absolute atomic E-state index is 0.523. The number of hydrogen-bond donors (Lipinski definition) is 0. The summed E-state index contributed by atoms with van der Waals surface area (Å²) in [6, 6.07) is 0. The standard InChI is InChI=1S/C9H19.C5H11O.Sn/c1-3-5-7-9-8-6-4-2;1-2-3-4-5-6;/h9H,3-8H2,1-2H3;2-5H2,1H3;/q;-1;+1. The molecular weight excluding hydrogens is 303 g/mol. The van der Waals surface area contributed by atoms with Crippen LogP contribution in [0, 0.1) is 0 Å². The summed E-state index contributed by atoms with van der Waals surface area (Å²) in [4.78, 5) is 0. The summed E-state index contributed by atoms with van der Waals surface area (Å²) in [6.07, 6.45) is 12.3. The molecule has 0 atom stereocenters. The summed E-state index contributed by atoms with van der Waals surface area (Å²) >= 11 is -0.523. The van der Waals surface area contributed by atoms with Crippen molar-refractivity contribution in [3.05, 3.63) is 0 Å². The number of hydrogen-bond acceptors (Lipinski definition) is 1. The van der Waals surface area contributed by atoms with E-state index in [9.17, 15) is 0 Å². The Balaban J connectivity index is 3.48. The Morgan fingerprint density at radius 3 is 1.88 bits per heavy atom. The van der Waals surface area contributed by atoms with Gasteiger partial charge in [-0.15, -0.1) is 0 Å². The van der Waals surface area contributed by atoms with Gasteiger partial charge in [-0.1, -0.05) is 0 Å². The van der Waals surface area contributed by atoms with Crippen LogP contribution < -0.4 is 0 Å². The van der Waals surface area contributed by atoms with E-state index in [1.54, 1.807) is 0 Å². The third-order valence-corrected chi connectivity index (χ3v) is 6.57. The molecule has 0 aromatic heterocycles. The van der Waals surface area contributed by atoms with Gasteiger partial charge in [-0.3, -0.25) is 0 Å². The summed E-state index contributed by atoms with van der Waals surface area (Å²) in [5, 5.41) is 0. The van der Waals surface area contributed by atoms with Crippen LogP contribution >= 0.6 is 0 Å². The van der Waals surface area contributed by atoms with E-state index in [0.717, 1.165) is 10.5 Å². The molecule has 16 heavy (non-hydrogen) atoms. The van der Waals surface area contributed by atoms with Crippen molar-refractivity contribution in [2.24, 2.45) is 0 Å². The molecule has 0 rings (SSSR count). The van der Waals surface area contributed by atoms with E-state index in [1.807, 2.05) is 0 Å². The molecule has 0 fully saturated rings. The van der Waals surface area contributed by atoms with Gasteiger partial charge in [0.15, 0.2) is 0 Å². The maximum atomic E-state index is 5.96. The van der Waals surface area contributed by atoms with Crippen LogP contribution in [-0.4, -0.2) is 28.2 Å². The van der Waals surface area contributed by atoms with Crippen molar-refractivity contribution in [1.29, 1.82) is 0 Å². The van der Waals surface area contributed by atoms with Gasteiger partial charge in [-0.05, 0) is 0 Å². The summed E-state index contributed by atoms with van der Waals surface area (Å²) < 4.78 is 6.95. The molecule has 0 aromatic carbocycles. The molecule has 0 aliphatic carbocycles. The van der Waals surface area contributed by atoms with Gasteiger partial charge in [-0.25, -0.2) is 0 Å². The molecular formula is C14H30OSn. The van der Waals surface area contributed by atoms with Gasteiger partial charge < -0.3 is 0 Å². The van der Waals surface area contributed by atoms with E-state index in [4.69, 9.17) is 3.07 Å². The monoisotopic (exact) mass is 334 g/mol. The van der Waals surface area contributed by atoms with Crippen LogP contribution in [0.25, 0.3) is 0 Å². The fraction of sp³-hybridized carbons (Fsp3) is 1.00. The molecule has 96 valence electrons. The molecule has 0 heterocycles. The number of rotatable bonds is 12. The predicted octanol–water partition coefficient (Wildman–Crippen LogP) is 4.98. The molecule has 0 unspecified atom stereocenters. The van der Waals surface area contributed by atoms with E-state index in [1.165, 1.54) is 57.8 Å². The molecule has 0 aliphatic rings. The van der Waals surface area contributed by atoms with Crippen LogP contribution in [0.2, 0.25) is 3.93 Å². The van der Waals surface area contributed by atoms with Crippen molar-refractivity contribution >= 4 is 21.6 Å². The van der Waals surface area contributed by atoms with Crippen molar-refractivity contribution in [2.45, 2.75) is 82.5 Å². The van der Waals surface area contributed by atoms with Crippen LogP contribution in [0.4, 0.5) is 0 Å². The van der Waals surface area contributed by atoms with Gasteiger partial charge in [0.2, 0.25) is 0 Å². The second-order valence-corrected chi connectivity index (χ2v) is 8.48. The average Bonchev–Trinajstić information content (AvgIpc) is 2.31. The Bertz CT molecular complexity index is 120. The zero-order chi connectivity index (χ0) is 12.1. The van der Waals surface area contributed by atoms with Crippen LogP contribution in [0.1, 0.15) is 78.6 Å². The quantitative estimate of drug-likeness (QED) is 0.361. The SMILES string of the molecule is CCCCC[O][Sn][CH](CCCC)CCCC. The van der Waals surface area contributed by atoms with E-state index >= 15 is 0 Å². The molecule has 1 nitrogen and oxygen atoms in total. The molecule has 0 saturated heterocycles. The van der Waals surface area contributed by atoms with Crippen LogP contribution in [-0.2, 0) is 3.07 Å². The Morgan fingerprint density at radius 1 is 0.812 bits per heavy atom. The van der Waals surface area contributed by atoms with E-state index in [2.05, 4.69) is 20.8 Å². The fourth-order valence-corrected chi connectivity index (χ4v) is 5.02. The molecule has 2 heteroatoms. The van der Waals surface area contributed by atoms with Crippen LogP contribution in [0.15, 0.2) is 0 Å². The van der Waals surface area contributed by atoms with E-state index in [-0.39, 0.29) is 0 Å². The first kappa shape index (κ1) is 16.8. The van der Waals surface area contributed by atoms with Gasteiger partial charge in [0, 0.05) is 0 Å². The van der Waals surface area contributed by atoms with Crippen molar-refractivity contribution in [2.75, 3.05) is 6.61 Å². The molecule has 0 aromatic rings. The molecule has 0 spiro atoms. The zero-order valence-corrected chi connectivity index (χ0v) is 14.4. The Hall–Kier alpha value is 0.759. The minimum atomic E-state index is -0.523. The summed E-state index contributed by atoms with van der Waals surface area (Å²) in [6.45, 7) is 7.90. The molecule has 0 bridgehead atoms. The molecule has 0 saturated carbocycles. The van der Waals surface area contributed by atoms with Crippen molar-refractivity contribution < 1.29 is 3.07 Å². The third-order valence-electron chi connectivity index (χ3n) is 2.91. The van der Waals surface area contributed by atoms with E-state index < -0.39 is 21.6 Å². The first-order valence-electron chi connectivity index (χ1n) is 7.22. The fourth-order valence-electron chi connectivity index (χ4n) is 1.76. The topological polar surface area (TPSA) is 9.23 Å². The average molecular weight is 333 g/mol. The molecule has 2 radical (unpaired) electrons. The Morgan fingerprint density at radius 2 is 1.38 bits per heavy atom. The van der Waals surface area contributed by atoms with E-state index in [0.29, 0.717) is 0 Å². The first-order chi connectivity index (χ1) is 7.85. The van der Waals surface area contributed by atoms with Crippen molar-refractivity contribution in [3.8, 4) is 0 Å². The zero-order valence-electron chi connectivity index (χ0n) is 11.6. The molecule has 0 aliphatic heterocycles. The van der Waals surface area contributed by atoms with Crippen molar-refractivity contribution in [3.63, 3.8) is 0 Å². The molecule has 0 amide bonds. The summed E-state index contributed by atoms with van der Waals surface area (Å²) in [5.74, 6) is 0. The normalized spacial score (nSPS) is 11.2. The van der Waals surface area contributed by atoms with Crippen LogP contribution in [0.5, 0.6) is 0 Å². The second-order valence-electron chi connectivity index (χ2n) is 4.65. The van der Waals surface area contributed by atoms with Gasteiger partial charge >= 0.3 is 114 Å². The Labute approximate surface area is 113 Å². The summed E-state index contributed by atoms with van der Waals surface area (Å²) in [5.41, 5.74) is 0. The predicted molar refractivity (Wildman–Crippen MR) is 74.0 cm³/mol. The van der Waals surface area contributed by atoms with Crippen LogP contribution in [0.3, 0.4) is 0 Å². The van der Waals surface area contributed by atoms with Gasteiger partial charge in [0.25, 0.3) is 0 Å². The maximum absolute atomic E-state index is 5.96. The second kappa shape index (κ2) is 13.8. The number of unbranched alkanes of at least 4 members (excludes halogenated alkanes) is 4. The first-order valence-corrected chi connectivity index (χ1v) is 10.0. The van der Waals surface area contributed by atoms with Gasteiger partial charge in [0.1, 0.15) is 0 Å². The third kappa shape index (κ3) is 11.3.